The Bertz CT molecular complexity index is 814. The van der Waals surface area contributed by atoms with Crippen LogP contribution in [-0.4, -0.2) is 57.8 Å². The summed E-state index contributed by atoms with van der Waals surface area (Å²) in [6.45, 7) is 17.1. The molecule has 0 saturated heterocycles. The number of hydrogen-bond donors (Lipinski definition) is 3. The molecule has 4 aliphatic carbocycles. The molecule has 43 heavy (non-hydrogen) atoms. The first-order valence-corrected chi connectivity index (χ1v) is 18.7. The zero-order valence-corrected chi connectivity index (χ0v) is 28.9. The minimum absolute atomic E-state index is 0.201. The topological polar surface area (TPSA) is 106 Å². The van der Waals surface area contributed by atoms with E-state index in [1.807, 2.05) is 0 Å². The van der Waals surface area contributed by atoms with E-state index >= 15 is 0 Å². The molecule has 6 N–H and O–H groups in total. The van der Waals surface area contributed by atoms with Crippen molar-refractivity contribution in [3.05, 3.63) is 0 Å². The number of hydrogen-bond acceptors (Lipinski definition) is 6. The van der Waals surface area contributed by atoms with Crippen LogP contribution in [0.25, 0.3) is 0 Å². The smallest absolute Gasteiger partial charge is 0.0637 e. The Morgan fingerprint density at radius 2 is 1.42 bits per heavy atom. The lowest BCUT2D eigenvalue weighted by atomic mass is 9.43. The summed E-state index contributed by atoms with van der Waals surface area (Å²) in [4.78, 5) is 0. The summed E-state index contributed by atoms with van der Waals surface area (Å²) in [7, 11) is 0. The van der Waals surface area contributed by atoms with E-state index in [1.165, 1.54) is 64.2 Å². The fraction of sp³-hybridized carbons (Fsp3) is 1.00. The van der Waals surface area contributed by atoms with Gasteiger partial charge in [-0.3, -0.25) is 0 Å². The second-order valence-electron chi connectivity index (χ2n) is 15.9. The Hall–Kier alpha value is -0.240. The zero-order valence-electron chi connectivity index (χ0n) is 28.9. The fourth-order valence-electron chi connectivity index (χ4n) is 10.8. The molecule has 6 heteroatoms. The Balaban J connectivity index is 1.61. The number of fused-ring (bicyclic) bond motifs is 5. The van der Waals surface area contributed by atoms with Crippen molar-refractivity contribution in [2.45, 2.75) is 143 Å². The van der Waals surface area contributed by atoms with E-state index in [0.29, 0.717) is 67.0 Å². The minimum atomic E-state index is 0.201. The highest BCUT2D eigenvalue weighted by Crippen LogP contribution is 2.69. The van der Waals surface area contributed by atoms with Crippen LogP contribution in [0.2, 0.25) is 0 Å². The number of nitrogens with two attached hydrogens (primary N) is 3. The van der Waals surface area contributed by atoms with Crippen LogP contribution in [-0.2, 0) is 14.2 Å². The first-order valence-electron chi connectivity index (χ1n) is 18.7. The molecule has 0 radical (unpaired) electrons. The first kappa shape index (κ1) is 35.6. The van der Waals surface area contributed by atoms with Gasteiger partial charge in [-0.15, -0.1) is 0 Å². The normalized spacial score (nSPS) is 40.5. The van der Waals surface area contributed by atoms with Crippen molar-refractivity contribution < 1.29 is 14.2 Å². The van der Waals surface area contributed by atoms with Crippen molar-refractivity contribution >= 4 is 0 Å². The largest absolute Gasteiger partial charge is 0.378 e. The molecule has 252 valence electrons. The highest BCUT2D eigenvalue weighted by Gasteiger charge is 2.66. The molecule has 4 saturated carbocycles. The van der Waals surface area contributed by atoms with Crippen LogP contribution in [0.5, 0.6) is 0 Å². The number of ether oxygens (including phenoxy) is 3. The monoisotopic (exact) mass is 606 g/mol. The van der Waals surface area contributed by atoms with Crippen molar-refractivity contribution in [1.82, 2.24) is 0 Å². The molecule has 4 fully saturated rings. The van der Waals surface area contributed by atoms with Gasteiger partial charge in [-0.25, -0.2) is 0 Å². The van der Waals surface area contributed by atoms with Crippen LogP contribution in [0.4, 0.5) is 0 Å². The summed E-state index contributed by atoms with van der Waals surface area (Å²) >= 11 is 0. The molecular weight excluding hydrogens is 534 g/mol. The third-order valence-corrected chi connectivity index (χ3v) is 13.5. The van der Waals surface area contributed by atoms with E-state index in [2.05, 4.69) is 34.6 Å². The number of rotatable bonds is 18. The maximum Gasteiger partial charge on any atom is 0.0637 e. The van der Waals surface area contributed by atoms with Crippen LogP contribution in [0.1, 0.15) is 125 Å². The minimum Gasteiger partial charge on any atom is -0.378 e. The lowest BCUT2D eigenvalue weighted by Crippen LogP contribution is -2.63. The average Bonchev–Trinajstić information content (AvgIpc) is 3.36. The Morgan fingerprint density at radius 3 is 2.09 bits per heavy atom. The van der Waals surface area contributed by atoms with E-state index < -0.39 is 0 Å². The Kier molecular flexibility index (Phi) is 13.7. The molecule has 6 nitrogen and oxygen atoms in total. The van der Waals surface area contributed by atoms with Gasteiger partial charge in [0, 0.05) is 25.2 Å². The maximum atomic E-state index is 7.00. The highest BCUT2D eigenvalue weighted by molar-refractivity contribution is 5.15. The van der Waals surface area contributed by atoms with Crippen molar-refractivity contribution in [3.8, 4) is 0 Å². The van der Waals surface area contributed by atoms with Crippen molar-refractivity contribution in [1.29, 1.82) is 0 Å². The molecule has 0 bridgehead atoms. The fourth-order valence-corrected chi connectivity index (χ4v) is 10.8. The van der Waals surface area contributed by atoms with Gasteiger partial charge >= 0.3 is 0 Å². The van der Waals surface area contributed by atoms with E-state index in [0.717, 1.165) is 63.3 Å². The summed E-state index contributed by atoms with van der Waals surface area (Å²) in [6, 6.07) is 0. The van der Waals surface area contributed by atoms with Crippen molar-refractivity contribution in [3.63, 3.8) is 0 Å². The third kappa shape index (κ3) is 7.84. The molecule has 0 spiro atoms. The molecule has 7 unspecified atom stereocenters. The first-order chi connectivity index (χ1) is 20.7. The maximum absolute atomic E-state index is 7.00. The van der Waals surface area contributed by atoms with Crippen LogP contribution in [0.3, 0.4) is 0 Å². The Labute approximate surface area is 265 Å². The summed E-state index contributed by atoms with van der Waals surface area (Å²) < 4.78 is 20.3. The van der Waals surface area contributed by atoms with Gasteiger partial charge in [0.2, 0.25) is 0 Å². The van der Waals surface area contributed by atoms with E-state index in [-0.39, 0.29) is 5.41 Å². The predicted molar refractivity (Wildman–Crippen MR) is 179 cm³/mol. The van der Waals surface area contributed by atoms with Gasteiger partial charge in [-0.1, -0.05) is 60.3 Å². The molecule has 0 heterocycles. The van der Waals surface area contributed by atoms with Gasteiger partial charge in [0.05, 0.1) is 18.3 Å². The second-order valence-corrected chi connectivity index (χ2v) is 15.9. The molecule has 0 aromatic rings. The summed E-state index contributed by atoms with van der Waals surface area (Å²) in [5.41, 5.74) is 18.2. The highest BCUT2D eigenvalue weighted by atomic mass is 16.5. The van der Waals surface area contributed by atoms with Crippen molar-refractivity contribution in [2.24, 2.45) is 69.5 Å². The van der Waals surface area contributed by atoms with Gasteiger partial charge in [-0.2, -0.15) is 0 Å². The molecule has 4 aliphatic rings. The van der Waals surface area contributed by atoms with Gasteiger partial charge in [0.25, 0.3) is 0 Å². The zero-order chi connectivity index (χ0) is 31.0. The van der Waals surface area contributed by atoms with Crippen LogP contribution in [0, 0.1) is 52.3 Å². The standard InChI is InChI=1S/C37H71N3O3/c1-6-26(2)11-7-12-27(3)30-13-14-31-35-32(25-34(37(30,31)5)43-22-10-19-40)36(4)16-15-29(41-20-8-17-38)23-28(36)24-33(35)42-21-9-18-39/h26-35H,6-25,38-40H2,1-5H3/t26?,27?,28?,29-,30-,31?,32?,33?,34+,35?,36+,37-/m1/s1. The molecule has 0 aromatic carbocycles. The van der Waals surface area contributed by atoms with Crippen LogP contribution in [0.15, 0.2) is 0 Å². The average molecular weight is 606 g/mol. The molecule has 0 amide bonds. The summed E-state index contributed by atoms with van der Waals surface area (Å²) in [6.07, 6.45) is 17.9. The summed E-state index contributed by atoms with van der Waals surface area (Å²) in [5, 5.41) is 0. The summed E-state index contributed by atoms with van der Waals surface area (Å²) in [5.74, 6) is 4.85. The van der Waals surface area contributed by atoms with Crippen molar-refractivity contribution in [2.75, 3.05) is 39.5 Å². The molecule has 0 aromatic heterocycles. The Morgan fingerprint density at radius 1 is 0.744 bits per heavy atom. The predicted octanol–water partition coefficient (Wildman–Crippen LogP) is 6.92. The van der Waals surface area contributed by atoms with Gasteiger partial charge in [-0.05, 0) is 131 Å². The lowest BCUT2D eigenvalue weighted by Gasteiger charge is -2.65. The van der Waals surface area contributed by atoms with Crippen LogP contribution < -0.4 is 17.2 Å². The van der Waals surface area contributed by atoms with E-state index in [9.17, 15) is 0 Å². The molecule has 12 atom stereocenters. The van der Waals surface area contributed by atoms with Crippen LogP contribution >= 0.6 is 0 Å². The van der Waals surface area contributed by atoms with Gasteiger partial charge < -0.3 is 31.4 Å². The molecule has 4 rings (SSSR count). The quantitative estimate of drug-likeness (QED) is 0.147. The lowest BCUT2D eigenvalue weighted by molar-refractivity contribution is -0.227. The SMILES string of the molecule is CCC(C)CCCC(C)[C@H]1CCC2C3C(OCCCN)CC4C[C@H](OCCCN)CC[C@]4(C)C3C[C@H](OCCCN)[C@@]21C. The van der Waals surface area contributed by atoms with E-state index in [4.69, 9.17) is 31.4 Å². The van der Waals surface area contributed by atoms with Gasteiger partial charge in [0.15, 0.2) is 0 Å². The third-order valence-electron chi connectivity index (χ3n) is 13.5. The molecule has 0 aliphatic heterocycles. The van der Waals surface area contributed by atoms with E-state index in [1.54, 1.807) is 0 Å². The van der Waals surface area contributed by atoms with Gasteiger partial charge in [0.1, 0.15) is 0 Å². The second kappa shape index (κ2) is 16.5. The molecular formula is C37H71N3O3.